The summed E-state index contributed by atoms with van der Waals surface area (Å²) >= 11 is 1.44. The molecule has 1 aromatic carbocycles. The Labute approximate surface area is 210 Å². The maximum atomic E-state index is 12.9. The van der Waals surface area contributed by atoms with Crippen LogP contribution in [0.2, 0.25) is 0 Å². The molecule has 9 heteroatoms. The summed E-state index contributed by atoms with van der Waals surface area (Å²) < 4.78 is 11.4. The highest BCUT2D eigenvalue weighted by molar-refractivity contribution is 7.15. The van der Waals surface area contributed by atoms with Gasteiger partial charge in [0.05, 0.1) is 36.7 Å². The molecule has 35 heavy (non-hydrogen) atoms. The quantitative estimate of drug-likeness (QED) is 0.596. The number of hydrogen-bond acceptors (Lipinski definition) is 7. The van der Waals surface area contributed by atoms with Crippen LogP contribution in [0.3, 0.4) is 0 Å². The van der Waals surface area contributed by atoms with Crippen molar-refractivity contribution in [2.75, 3.05) is 43.1 Å². The number of ether oxygens (including phenoxy) is 2. The molecule has 188 valence electrons. The molecule has 2 saturated heterocycles. The van der Waals surface area contributed by atoms with Gasteiger partial charge in [-0.1, -0.05) is 42.7 Å². The first kappa shape index (κ1) is 24.4. The van der Waals surface area contributed by atoms with Gasteiger partial charge in [-0.05, 0) is 30.5 Å². The van der Waals surface area contributed by atoms with E-state index in [1.165, 1.54) is 36.2 Å². The second-order valence-corrected chi connectivity index (χ2v) is 10.8. The van der Waals surface area contributed by atoms with Crippen LogP contribution >= 0.6 is 11.3 Å². The van der Waals surface area contributed by atoms with Gasteiger partial charge in [-0.15, -0.1) is 0 Å². The number of amides is 2. The number of morpholine rings is 1. The molecule has 2 aromatic rings. The van der Waals surface area contributed by atoms with Crippen molar-refractivity contribution < 1.29 is 19.1 Å². The first-order chi connectivity index (χ1) is 17.1. The molecule has 1 N–H and O–H groups in total. The molecule has 0 bridgehead atoms. The van der Waals surface area contributed by atoms with Crippen LogP contribution in [0.25, 0.3) is 0 Å². The van der Waals surface area contributed by atoms with Crippen molar-refractivity contribution >= 4 is 34.0 Å². The first-order valence-corrected chi connectivity index (χ1v) is 13.5. The summed E-state index contributed by atoms with van der Waals surface area (Å²) in [6, 6.07) is 8.09. The Morgan fingerprint density at radius 2 is 1.91 bits per heavy atom. The molecule has 1 aliphatic carbocycles. The standard InChI is InChI=1S/C26H34N4O4S/c31-24-14-20(17-30(24)21-8-6-19(7-9-21)16-29-10-12-33-13-11-29)25(32)28-26-27-15-23(35-26)18-34-22-4-2-1-3-5-22/h6-9,15,20,22H,1-5,10-14,16-18H2,(H,27,28,32). The van der Waals surface area contributed by atoms with E-state index < -0.39 is 0 Å². The van der Waals surface area contributed by atoms with Gasteiger partial charge in [-0.3, -0.25) is 14.5 Å². The van der Waals surface area contributed by atoms with Gasteiger partial charge in [-0.2, -0.15) is 0 Å². The highest BCUT2D eigenvalue weighted by Gasteiger charge is 2.35. The maximum Gasteiger partial charge on any atom is 0.231 e. The Kier molecular flexibility index (Phi) is 8.08. The predicted molar refractivity (Wildman–Crippen MR) is 135 cm³/mol. The van der Waals surface area contributed by atoms with Crippen molar-refractivity contribution in [2.24, 2.45) is 5.92 Å². The number of rotatable bonds is 8. The third-order valence-electron chi connectivity index (χ3n) is 7.05. The van der Waals surface area contributed by atoms with Crippen LogP contribution in [0, 0.1) is 5.92 Å². The van der Waals surface area contributed by atoms with Gasteiger partial charge in [0.25, 0.3) is 0 Å². The molecule has 5 rings (SSSR count). The fraction of sp³-hybridized carbons (Fsp3) is 0.577. The average molecular weight is 499 g/mol. The second-order valence-electron chi connectivity index (χ2n) is 9.65. The van der Waals surface area contributed by atoms with E-state index in [0.717, 1.165) is 56.3 Å². The topological polar surface area (TPSA) is 84.0 Å². The van der Waals surface area contributed by atoms with Gasteiger partial charge in [0.2, 0.25) is 11.8 Å². The Hall–Kier alpha value is -2.33. The highest BCUT2D eigenvalue weighted by atomic mass is 32.1. The molecular weight excluding hydrogens is 464 g/mol. The summed E-state index contributed by atoms with van der Waals surface area (Å²) in [5.74, 6) is -0.563. The van der Waals surface area contributed by atoms with E-state index in [-0.39, 0.29) is 24.2 Å². The Balaban J connectivity index is 1.11. The van der Waals surface area contributed by atoms with Gasteiger partial charge in [0.15, 0.2) is 5.13 Å². The molecule has 8 nitrogen and oxygen atoms in total. The minimum atomic E-state index is -0.388. The zero-order valence-corrected chi connectivity index (χ0v) is 20.9. The van der Waals surface area contributed by atoms with Gasteiger partial charge < -0.3 is 19.7 Å². The van der Waals surface area contributed by atoms with E-state index in [2.05, 4.69) is 27.3 Å². The third kappa shape index (κ3) is 6.46. The lowest BCUT2D eigenvalue weighted by atomic mass is 9.98. The number of carbonyl (C=O) groups excluding carboxylic acids is 2. The number of carbonyl (C=O) groups is 2. The SMILES string of the molecule is O=C(Nc1ncc(COC2CCCCC2)s1)C1CC(=O)N(c2ccc(CN3CCOCC3)cc2)C1. The molecule has 2 aliphatic heterocycles. The number of nitrogens with zero attached hydrogens (tertiary/aromatic N) is 3. The number of aromatic nitrogens is 1. The molecular formula is C26H34N4O4S. The molecule has 3 aliphatic rings. The fourth-order valence-electron chi connectivity index (χ4n) is 5.00. The number of thiazole rings is 1. The van der Waals surface area contributed by atoms with E-state index in [1.54, 1.807) is 11.1 Å². The van der Waals surface area contributed by atoms with E-state index in [1.807, 2.05) is 12.1 Å². The molecule has 3 heterocycles. The Morgan fingerprint density at radius 1 is 1.14 bits per heavy atom. The van der Waals surface area contributed by atoms with E-state index >= 15 is 0 Å². The zero-order chi connectivity index (χ0) is 24.0. The van der Waals surface area contributed by atoms with Crippen LogP contribution < -0.4 is 10.2 Å². The van der Waals surface area contributed by atoms with Crippen LogP contribution in [0.1, 0.15) is 49.0 Å². The van der Waals surface area contributed by atoms with Gasteiger partial charge in [-0.25, -0.2) is 4.98 Å². The Bertz CT molecular complexity index is 999. The van der Waals surface area contributed by atoms with Crippen molar-refractivity contribution in [1.82, 2.24) is 9.88 Å². The van der Waals surface area contributed by atoms with E-state index in [9.17, 15) is 9.59 Å². The fourth-order valence-corrected chi connectivity index (χ4v) is 5.74. The highest BCUT2D eigenvalue weighted by Crippen LogP contribution is 2.28. The summed E-state index contributed by atoms with van der Waals surface area (Å²) in [5, 5.41) is 3.47. The van der Waals surface area contributed by atoms with Crippen molar-refractivity contribution in [3.05, 3.63) is 40.9 Å². The smallest absolute Gasteiger partial charge is 0.231 e. The summed E-state index contributed by atoms with van der Waals surface area (Å²) in [7, 11) is 0. The molecule has 0 spiro atoms. The van der Waals surface area contributed by atoms with Gasteiger partial charge >= 0.3 is 0 Å². The Morgan fingerprint density at radius 3 is 2.69 bits per heavy atom. The van der Waals surface area contributed by atoms with Gasteiger partial charge in [0, 0.05) is 44.5 Å². The molecule has 0 radical (unpaired) electrons. The molecule has 1 atom stereocenters. The lowest BCUT2D eigenvalue weighted by Crippen LogP contribution is -2.35. The summed E-state index contributed by atoms with van der Waals surface area (Å²) in [4.78, 5) is 35.0. The van der Waals surface area contributed by atoms with Crippen molar-refractivity contribution in [3.63, 3.8) is 0 Å². The predicted octanol–water partition coefficient (Wildman–Crippen LogP) is 3.82. The molecule has 1 saturated carbocycles. The van der Waals surface area contributed by atoms with Crippen LogP contribution in [0.5, 0.6) is 0 Å². The van der Waals surface area contributed by atoms with E-state index in [0.29, 0.717) is 24.4 Å². The molecule has 1 unspecified atom stereocenters. The average Bonchev–Trinajstić information content (AvgIpc) is 3.51. The van der Waals surface area contributed by atoms with Crippen molar-refractivity contribution in [1.29, 1.82) is 0 Å². The summed E-state index contributed by atoms with van der Waals surface area (Å²) in [6.07, 6.45) is 8.37. The van der Waals surface area contributed by atoms with Crippen molar-refractivity contribution in [2.45, 2.75) is 57.8 Å². The summed E-state index contributed by atoms with van der Waals surface area (Å²) in [6.45, 7) is 5.24. The van der Waals surface area contributed by atoms with Crippen LogP contribution in [0.15, 0.2) is 30.5 Å². The number of benzene rings is 1. The number of hydrogen-bond donors (Lipinski definition) is 1. The zero-order valence-electron chi connectivity index (χ0n) is 20.1. The van der Waals surface area contributed by atoms with Crippen LogP contribution in [-0.4, -0.2) is 60.7 Å². The molecule has 3 fully saturated rings. The van der Waals surface area contributed by atoms with Gasteiger partial charge in [0.1, 0.15) is 0 Å². The minimum Gasteiger partial charge on any atom is -0.379 e. The van der Waals surface area contributed by atoms with E-state index in [4.69, 9.17) is 9.47 Å². The number of nitrogens with one attached hydrogen (secondary N) is 1. The largest absolute Gasteiger partial charge is 0.379 e. The molecule has 1 aromatic heterocycles. The third-order valence-corrected chi connectivity index (χ3v) is 7.94. The maximum absolute atomic E-state index is 12.9. The van der Waals surface area contributed by atoms with Crippen LogP contribution in [0.4, 0.5) is 10.8 Å². The molecule has 2 amide bonds. The normalized spacial score (nSPS) is 22.0. The number of anilines is 2. The first-order valence-electron chi connectivity index (χ1n) is 12.7. The minimum absolute atomic E-state index is 0.0215. The summed E-state index contributed by atoms with van der Waals surface area (Å²) in [5.41, 5.74) is 2.05. The van der Waals surface area contributed by atoms with Crippen LogP contribution in [-0.2, 0) is 32.2 Å². The monoisotopic (exact) mass is 498 g/mol. The lowest BCUT2D eigenvalue weighted by molar-refractivity contribution is -0.122. The lowest BCUT2D eigenvalue weighted by Gasteiger charge is -2.26. The van der Waals surface area contributed by atoms with Crippen molar-refractivity contribution in [3.8, 4) is 0 Å². The second kappa shape index (κ2) is 11.6.